The molecule has 226 valence electrons. The molecule has 0 aromatic heterocycles. The Morgan fingerprint density at radius 2 is 1.80 bits per heavy atom. The van der Waals surface area contributed by atoms with E-state index in [-0.39, 0.29) is 34.7 Å². The highest BCUT2D eigenvalue weighted by Gasteiger charge is 2.60. The summed E-state index contributed by atoms with van der Waals surface area (Å²) < 4.78 is 12.5. The lowest BCUT2D eigenvalue weighted by Gasteiger charge is -2.59. The van der Waals surface area contributed by atoms with Crippen LogP contribution in [-0.2, 0) is 14.3 Å². The first kappa shape index (κ1) is 30.4. The van der Waals surface area contributed by atoms with E-state index in [1.165, 1.54) is 11.1 Å². The minimum absolute atomic E-state index is 0.0600. The predicted octanol–water partition coefficient (Wildman–Crippen LogP) is 4.31. The second-order valence-corrected chi connectivity index (χ2v) is 14.7. The van der Waals surface area contributed by atoms with Gasteiger partial charge < -0.3 is 29.9 Å². The van der Waals surface area contributed by atoms with Crippen LogP contribution in [-0.4, -0.2) is 69.1 Å². The van der Waals surface area contributed by atoms with Crippen LogP contribution in [0.25, 0.3) is 0 Å². The van der Waals surface area contributed by atoms with Crippen molar-refractivity contribution in [1.29, 1.82) is 0 Å². The van der Waals surface area contributed by atoms with Gasteiger partial charge in [-0.25, -0.2) is 0 Å². The predicted molar refractivity (Wildman–Crippen MR) is 152 cm³/mol. The summed E-state index contributed by atoms with van der Waals surface area (Å²) in [7, 11) is 0. The number of aliphatic hydroxyl groups is 4. The zero-order valence-electron chi connectivity index (χ0n) is 25.3. The quantitative estimate of drug-likeness (QED) is 0.283. The minimum atomic E-state index is -1.34. The van der Waals surface area contributed by atoms with Gasteiger partial charge in [-0.2, -0.15) is 0 Å². The summed E-state index contributed by atoms with van der Waals surface area (Å²) in [6.45, 7) is 12.7. The number of ether oxygens (including phenoxy) is 2. The van der Waals surface area contributed by atoms with E-state index in [2.05, 4.69) is 40.7 Å². The monoisotopic (exact) mass is 560 g/mol. The Labute approximate surface area is 240 Å². The molecule has 13 unspecified atom stereocenters. The smallest absolute Gasteiger partial charge is 0.186 e. The largest absolute Gasteiger partial charge is 0.393 e. The molecule has 1 heterocycles. The zero-order chi connectivity index (χ0) is 29.1. The Kier molecular flexibility index (Phi) is 8.50. The highest BCUT2D eigenvalue weighted by atomic mass is 16.7. The van der Waals surface area contributed by atoms with Crippen molar-refractivity contribution in [3.05, 3.63) is 23.3 Å². The lowest BCUT2D eigenvalue weighted by atomic mass is 9.48. The maximum Gasteiger partial charge on any atom is 0.186 e. The van der Waals surface area contributed by atoms with Crippen LogP contribution in [0, 0.1) is 40.4 Å². The van der Waals surface area contributed by atoms with Crippen molar-refractivity contribution in [3.63, 3.8) is 0 Å². The Hall–Kier alpha value is -1.09. The highest BCUT2D eigenvalue weighted by Crippen LogP contribution is 2.66. The van der Waals surface area contributed by atoms with Gasteiger partial charge in [-0.1, -0.05) is 44.9 Å². The van der Waals surface area contributed by atoms with Crippen LogP contribution in [0.15, 0.2) is 23.3 Å². The van der Waals surface area contributed by atoms with Gasteiger partial charge in [-0.05, 0) is 105 Å². The molecule has 1 aliphatic heterocycles. The van der Waals surface area contributed by atoms with Crippen LogP contribution in [0.2, 0.25) is 0 Å². The van der Waals surface area contributed by atoms with E-state index in [1.807, 2.05) is 6.08 Å². The average molecular weight is 561 g/mol. The van der Waals surface area contributed by atoms with Crippen LogP contribution in [0.1, 0.15) is 92.9 Å². The first-order valence-electron chi connectivity index (χ1n) is 15.7. The van der Waals surface area contributed by atoms with E-state index in [4.69, 9.17) is 9.47 Å². The first-order chi connectivity index (χ1) is 18.8. The minimum Gasteiger partial charge on any atom is -0.393 e. The number of carbonyl (C=O) groups is 1. The fraction of sp³-hybridized carbons (Fsp3) is 0.848. The van der Waals surface area contributed by atoms with E-state index >= 15 is 0 Å². The van der Waals surface area contributed by atoms with E-state index in [9.17, 15) is 25.2 Å². The van der Waals surface area contributed by atoms with Crippen molar-refractivity contribution in [2.75, 3.05) is 0 Å². The Morgan fingerprint density at radius 1 is 1.07 bits per heavy atom. The van der Waals surface area contributed by atoms with Gasteiger partial charge in [-0.15, -0.1) is 0 Å². The summed E-state index contributed by atoms with van der Waals surface area (Å²) in [5, 5.41) is 42.1. The Bertz CT molecular complexity index is 1020. The number of hydrogen-bond donors (Lipinski definition) is 4. The fourth-order valence-electron chi connectivity index (χ4n) is 9.53. The summed E-state index contributed by atoms with van der Waals surface area (Å²) in [6, 6.07) is 0. The van der Waals surface area contributed by atoms with Gasteiger partial charge in [0.25, 0.3) is 0 Å². The second-order valence-electron chi connectivity index (χ2n) is 14.7. The average Bonchev–Trinajstić information content (AvgIpc) is 3.24. The Balaban J connectivity index is 1.44. The molecular weight excluding hydrogens is 508 g/mol. The summed E-state index contributed by atoms with van der Waals surface area (Å²) in [4.78, 5) is 12.7. The SMILES string of the molecule is CC(=CC(=O)CC(C)C)C1CCC2C3CC(OC4OC(C)C(O)C(O)C4O)C4CC(O)CCC4(C)C3=CCC12C. The molecule has 5 rings (SSSR count). The number of rotatable bonds is 6. The second kappa shape index (κ2) is 11.2. The third-order valence-electron chi connectivity index (χ3n) is 11.7. The molecule has 0 aromatic rings. The van der Waals surface area contributed by atoms with E-state index in [1.54, 1.807) is 6.92 Å². The number of fused-ring (bicyclic) bond motifs is 5. The zero-order valence-corrected chi connectivity index (χ0v) is 25.3. The summed E-state index contributed by atoms with van der Waals surface area (Å²) >= 11 is 0. The summed E-state index contributed by atoms with van der Waals surface area (Å²) in [6.07, 6.45) is 5.07. The topological polar surface area (TPSA) is 116 Å². The summed E-state index contributed by atoms with van der Waals surface area (Å²) in [5.74, 6) is 1.79. The molecule has 0 spiro atoms. The lowest BCUT2D eigenvalue weighted by molar-refractivity contribution is -0.315. The number of allylic oxidation sites excluding steroid dienone is 4. The van der Waals surface area contributed by atoms with Crippen molar-refractivity contribution in [3.8, 4) is 0 Å². The molecule has 0 bridgehead atoms. The van der Waals surface area contributed by atoms with Crippen molar-refractivity contribution in [2.24, 2.45) is 40.4 Å². The molecule has 0 radical (unpaired) electrons. The molecule has 1 saturated heterocycles. The maximum atomic E-state index is 12.7. The van der Waals surface area contributed by atoms with Crippen molar-refractivity contribution in [2.45, 2.75) is 136 Å². The molecular formula is C33H52O7. The fourth-order valence-corrected chi connectivity index (χ4v) is 9.53. The molecule has 7 nitrogen and oxygen atoms in total. The molecule has 13 atom stereocenters. The molecule has 4 fully saturated rings. The molecule has 40 heavy (non-hydrogen) atoms. The van der Waals surface area contributed by atoms with Gasteiger partial charge in [0.2, 0.25) is 0 Å². The van der Waals surface area contributed by atoms with Crippen LogP contribution >= 0.6 is 0 Å². The molecule has 0 amide bonds. The van der Waals surface area contributed by atoms with Crippen molar-refractivity contribution in [1.82, 2.24) is 0 Å². The van der Waals surface area contributed by atoms with Gasteiger partial charge in [0.1, 0.15) is 18.3 Å². The third kappa shape index (κ3) is 5.17. The molecule has 4 N–H and O–H groups in total. The lowest BCUT2D eigenvalue weighted by Crippen LogP contribution is -2.60. The van der Waals surface area contributed by atoms with E-state index in [0.29, 0.717) is 36.5 Å². The third-order valence-corrected chi connectivity index (χ3v) is 11.7. The normalized spacial score (nSPS) is 49.2. The van der Waals surface area contributed by atoms with Crippen LogP contribution < -0.4 is 0 Å². The van der Waals surface area contributed by atoms with Crippen LogP contribution in [0.4, 0.5) is 0 Å². The van der Waals surface area contributed by atoms with Gasteiger partial charge in [-0.3, -0.25) is 4.79 Å². The van der Waals surface area contributed by atoms with Crippen LogP contribution in [0.3, 0.4) is 0 Å². The number of aliphatic hydroxyl groups excluding tert-OH is 4. The number of carbonyl (C=O) groups excluding carboxylic acids is 1. The van der Waals surface area contributed by atoms with Crippen LogP contribution in [0.5, 0.6) is 0 Å². The standard InChI is InChI=1S/C33H52O7/c1-17(2)13-21(35)14-18(3)23-7-8-24-22-16-27(40-31-30(38)29(37)28(36)19(4)39-31)26-15-20(34)9-11-33(26,6)25(22)10-12-32(23,24)5/h10,14,17,19-20,22-24,26-31,34,36-38H,7-9,11-13,15-16H2,1-6H3. The van der Waals surface area contributed by atoms with Gasteiger partial charge in [0, 0.05) is 6.42 Å². The van der Waals surface area contributed by atoms with Crippen molar-refractivity contribution < 1.29 is 34.7 Å². The molecule has 5 aliphatic rings. The Morgan fingerprint density at radius 3 is 2.50 bits per heavy atom. The van der Waals surface area contributed by atoms with E-state index in [0.717, 1.165) is 38.5 Å². The molecule has 4 aliphatic carbocycles. The highest BCUT2D eigenvalue weighted by molar-refractivity contribution is 5.90. The van der Waals surface area contributed by atoms with E-state index < -0.39 is 30.7 Å². The maximum absolute atomic E-state index is 12.7. The molecule has 7 heteroatoms. The van der Waals surface area contributed by atoms with Gasteiger partial charge in [0.05, 0.1) is 18.3 Å². The number of ketones is 1. The summed E-state index contributed by atoms with van der Waals surface area (Å²) in [5.41, 5.74) is 2.66. The van der Waals surface area contributed by atoms with Crippen molar-refractivity contribution >= 4 is 5.78 Å². The van der Waals surface area contributed by atoms with Gasteiger partial charge in [0.15, 0.2) is 12.1 Å². The van der Waals surface area contributed by atoms with Gasteiger partial charge >= 0.3 is 0 Å². The first-order valence-corrected chi connectivity index (χ1v) is 15.7. The molecule has 0 aromatic carbocycles. The number of hydrogen-bond acceptors (Lipinski definition) is 7. The molecule has 3 saturated carbocycles.